The van der Waals surface area contributed by atoms with Gasteiger partial charge in [-0.3, -0.25) is 10.1 Å². The first-order chi connectivity index (χ1) is 15.3. The van der Waals surface area contributed by atoms with Crippen LogP contribution in [0.3, 0.4) is 0 Å². The van der Waals surface area contributed by atoms with E-state index in [-0.39, 0.29) is 16.5 Å². The summed E-state index contributed by atoms with van der Waals surface area (Å²) < 4.78 is 33.2. The third kappa shape index (κ3) is 5.11. The summed E-state index contributed by atoms with van der Waals surface area (Å²) in [5.74, 6) is 1.00. The normalized spacial score (nSPS) is 17.3. The third-order valence-electron chi connectivity index (χ3n) is 4.98. The number of nitro groups is 1. The van der Waals surface area contributed by atoms with Crippen LogP contribution in [0.2, 0.25) is 0 Å². The van der Waals surface area contributed by atoms with Crippen molar-refractivity contribution in [2.75, 3.05) is 18.4 Å². The Kier molecular flexibility index (Phi) is 6.79. The average molecular weight is 496 g/mol. The molecule has 0 amide bonds. The number of sulfonamides is 1. The van der Waals surface area contributed by atoms with Crippen LogP contribution in [0.5, 0.6) is 0 Å². The molecule has 32 heavy (non-hydrogen) atoms. The predicted octanol–water partition coefficient (Wildman–Crippen LogP) is 4.22. The van der Waals surface area contributed by atoms with Crippen molar-refractivity contribution in [2.45, 2.75) is 40.4 Å². The lowest BCUT2D eigenvalue weighted by molar-refractivity contribution is -0.388. The zero-order valence-electron chi connectivity index (χ0n) is 17.1. The Labute approximate surface area is 193 Å². The van der Waals surface area contributed by atoms with Gasteiger partial charge in [0, 0.05) is 19.2 Å². The van der Waals surface area contributed by atoms with Crippen molar-refractivity contribution in [1.82, 2.24) is 14.5 Å². The Morgan fingerprint density at radius 1 is 1.38 bits per heavy atom. The first kappa shape index (κ1) is 22.7. The van der Waals surface area contributed by atoms with Crippen molar-refractivity contribution in [1.29, 1.82) is 0 Å². The molecule has 1 aromatic carbocycles. The molecule has 1 saturated heterocycles. The average Bonchev–Trinajstić information content (AvgIpc) is 3.44. The second-order valence-electron chi connectivity index (χ2n) is 7.41. The molecule has 1 unspecified atom stereocenters. The topological polar surface area (TPSA) is 131 Å². The summed E-state index contributed by atoms with van der Waals surface area (Å²) in [7, 11) is -3.79. The minimum atomic E-state index is -3.79. The summed E-state index contributed by atoms with van der Waals surface area (Å²) in [6, 6.07) is 7.62. The molecule has 1 atom stereocenters. The third-order valence-corrected chi connectivity index (χ3v) is 8.84. The van der Waals surface area contributed by atoms with Crippen LogP contribution in [0.1, 0.15) is 25.5 Å². The smallest absolute Gasteiger partial charge is 0.284 e. The van der Waals surface area contributed by atoms with Gasteiger partial charge in [0.2, 0.25) is 15.2 Å². The van der Waals surface area contributed by atoms with Gasteiger partial charge in [-0.1, -0.05) is 18.3 Å². The highest BCUT2D eigenvalue weighted by atomic mass is 32.2. The number of piperidine rings is 1. The van der Waals surface area contributed by atoms with Crippen molar-refractivity contribution < 1.29 is 17.8 Å². The fourth-order valence-corrected chi connectivity index (χ4v) is 6.80. The van der Waals surface area contributed by atoms with E-state index in [4.69, 9.17) is 4.42 Å². The molecule has 0 aliphatic carbocycles. The van der Waals surface area contributed by atoms with Crippen LogP contribution in [-0.2, 0) is 16.6 Å². The minimum absolute atomic E-state index is 0.0688. The van der Waals surface area contributed by atoms with Gasteiger partial charge in [0.25, 0.3) is 5.69 Å². The molecule has 1 aliphatic rings. The number of furan rings is 1. The van der Waals surface area contributed by atoms with E-state index >= 15 is 0 Å². The van der Waals surface area contributed by atoms with E-state index in [0.29, 0.717) is 34.0 Å². The van der Waals surface area contributed by atoms with Crippen molar-refractivity contribution in [3.05, 3.63) is 52.5 Å². The van der Waals surface area contributed by atoms with E-state index in [1.54, 1.807) is 12.3 Å². The number of hydrogen-bond acceptors (Lipinski definition) is 10. The maximum absolute atomic E-state index is 13.0. The van der Waals surface area contributed by atoms with Crippen LogP contribution in [0.25, 0.3) is 0 Å². The summed E-state index contributed by atoms with van der Waals surface area (Å²) >= 11 is 2.31. The lowest BCUT2D eigenvalue weighted by Crippen LogP contribution is -2.39. The number of nitrogens with zero attached hydrogens (tertiary/aromatic N) is 4. The van der Waals surface area contributed by atoms with Crippen LogP contribution in [0.4, 0.5) is 10.8 Å². The van der Waals surface area contributed by atoms with Crippen LogP contribution in [-0.4, -0.2) is 40.9 Å². The van der Waals surface area contributed by atoms with E-state index in [1.165, 1.54) is 27.8 Å². The molecule has 1 fully saturated rings. The second kappa shape index (κ2) is 9.57. The van der Waals surface area contributed by atoms with Crippen LogP contribution >= 0.6 is 23.1 Å². The van der Waals surface area contributed by atoms with Gasteiger partial charge in [-0.2, -0.15) is 4.31 Å². The number of rotatable bonds is 8. The summed E-state index contributed by atoms with van der Waals surface area (Å²) in [5, 5.41) is 23.4. The van der Waals surface area contributed by atoms with Gasteiger partial charge in [-0.15, -0.1) is 10.2 Å². The quantitative estimate of drug-likeness (QED) is 0.360. The molecule has 0 saturated carbocycles. The highest BCUT2D eigenvalue weighted by Gasteiger charge is 2.31. The summed E-state index contributed by atoms with van der Waals surface area (Å²) in [5.41, 5.74) is -0.276. The number of aromatic nitrogens is 2. The Bertz CT molecular complexity index is 1200. The van der Waals surface area contributed by atoms with Crippen LogP contribution < -0.4 is 5.32 Å². The van der Waals surface area contributed by atoms with Crippen LogP contribution in [0.15, 0.2) is 55.1 Å². The fourth-order valence-electron chi connectivity index (χ4n) is 3.39. The Morgan fingerprint density at radius 2 is 2.22 bits per heavy atom. The summed E-state index contributed by atoms with van der Waals surface area (Å²) in [6.45, 7) is 3.29. The summed E-state index contributed by atoms with van der Waals surface area (Å²) in [4.78, 5) is 11.3. The van der Waals surface area contributed by atoms with Gasteiger partial charge in [-0.25, -0.2) is 8.42 Å². The maximum Gasteiger partial charge on any atom is 0.284 e. The van der Waals surface area contributed by atoms with E-state index in [0.717, 1.165) is 36.4 Å². The zero-order valence-corrected chi connectivity index (χ0v) is 19.6. The number of nitrogens with one attached hydrogen (secondary N) is 1. The Hall–Kier alpha value is -2.48. The molecule has 3 aromatic rings. The van der Waals surface area contributed by atoms with Gasteiger partial charge in [0.1, 0.15) is 5.76 Å². The largest absolute Gasteiger partial charge is 0.467 e. The second-order valence-corrected chi connectivity index (χ2v) is 11.6. The molecule has 0 radical (unpaired) electrons. The first-order valence-electron chi connectivity index (χ1n) is 9.89. The lowest BCUT2D eigenvalue weighted by atomic mass is 10.0. The molecular weight excluding hydrogens is 474 g/mol. The zero-order chi connectivity index (χ0) is 22.7. The van der Waals surface area contributed by atoms with Gasteiger partial charge in [0.15, 0.2) is 4.34 Å². The van der Waals surface area contributed by atoms with E-state index in [1.807, 2.05) is 13.0 Å². The van der Waals surface area contributed by atoms with Gasteiger partial charge in [0.05, 0.1) is 27.5 Å². The van der Waals surface area contributed by atoms with E-state index < -0.39 is 14.9 Å². The number of benzene rings is 1. The van der Waals surface area contributed by atoms with Crippen molar-refractivity contribution >= 4 is 43.9 Å². The summed E-state index contributed by atoms with van der Waals surface area (Å²) in [6.07, 6.45) is 3.33. The molecule has 1 N–H and O–H groups in total. The molecule has 0 bridgehead atoms. The van der Waals surface area contributed by atoms with Crippen molar-refractivity contribution in [2.24, 2.45) is 5.92 Å². The van der Waals surface area contributed by atoms with Gasteiger partial charge < -0.3 is 9.73 Å². The molecule has 1 aliphatic heterocycles. The molecular formula is C19H21N5O5S3. The minimum Gasteiger partial charge on any atom is -0.467 e. The van der Waals surface area contributed by atoms with Gasteiger partial charge in [-0.05, 0) is 54.8 Å². The predicted molar refractivity (Wildman–Crippen MR) is 120 cm³/mol. The Balaban J connectivity index is 1.52. The lowest BCUT2D eigenvalue weighted by Gasteiger charge is -2.30. The highest BCUT2D eigenvalue weighted by molar-refractivity contribution is 8.01. The Morgan fingerprint density at radius 3 is 2.94 bits per heavy atom. The monoisotopic (exact) mass is 495 g/mol. The first-order valence-corrected chi connectivity index (χ1v) is 13.0. The molecule has 2 aromatic heterocycles. The standard InChI is InChI=1S/C19H21N5O5S3/c1-13-4-2-8-23(12-13)32(27,28)15-6-7-17(16(10-15)24(25)26)30-19-22-21-18(31-19)20-11-14-5-3-9-29-14/h3,5-7,9-10,13H,2,4,8,11-12H2,1H3,(H,20,21). The fraction of sp³-hybridized carbons (Fsp3) is 0.368. The molecule has 13 heteroatoms. The SMILES string of the molecule is CC1CCCN(S(=O)(=O)c2ccc(Sc3nnc(NCc4ccco4)s3)c([N+](=O)[O-])c2)C1. The number of hydrogen-bond donors (Lipinski definition) is 1. The molecule has 0 spiro atoms. The molecule has 3 heterocycles. The van der Waals surface area contributed by atoms with Crippen molar-refractivity contribution in [3.8, 4) is 0 Å². The van der Waals surface area contributed by atoms with Crippen LogP contribution in [0, 0.1) is 16.0 Å². The van der Waals surface area contributed by atoms with E-state index in [9.17, 15) is 18.5 Å². The number of anilines is 1. The van der Waals surface area contributed by atoms with Crippen molar-refractivity contribution in [3.63, 3.8) is 0 Å². The van der Waals surface area contributed by atoms with Gasteiger partial charge >= 0.3 is 0 Å². The number of nitro benzene ring substituents is 1. The molecule has 10 nitrogen and oxygen atoms in total. The molecule has 170 valence electrons. The highest BCUT2D eigenvalue weighted by Crippen LogP contribution is 2.39. The van der Waals surface area contributed by atoms with E-state index in [2.05, 4.69) is 15.5 Å². The maximum atomic E-state index is 13.0. The molecule has 4 rings (SSSR count).